The lowest BCUT2D eigenvalue weighted by Gasteiger charge is -2.28. The molecule has 2 aromatic carbocycles. The summed E-state index contributed by atoms with van der Waals surface area (Å²) in [6.45, 7) is 0. The van der Waals surface area contributed by atoms with Gasteiger partial charge in [-0.15, -0.1) is 0 Å². The number of nitrogens with zero attached hydrogens (tertiary/aromatic N) is 1. The summed E-state index contributed by atoms with van der Waals surface area (Å²) in [6, 6.07) is 13.7. The van der Waals surface area contributed by atoms with Crippen LogP contribution < -0.4 is 15.0 Å². The zero-order valence-corrected chi connectivity index (χ0v) is 19.8. The molecule has 1 saturated heterocycles. The Labute approximate surface area is 196 Å². The van der Waals surface area contributed by atoms with Gasteiger partial charge in [0, 0.05) is 27.0 Å². The van der Waals surface area contributed by atoms with Crippen LogP contribution in [0.4, 0.5) is 11.4 Å². The number of carbonyl (C=O) groups excluding carboxylic acids is 3. The lowest BCUT2D eigenvalue weighted by atomic mass is 9.81. The van der Waals surface area contributed by atoms with E-state index in [1.807, 2.05) is 0 Å². The molecule has 1 N–H and O–H groups in total. The Balaban J connectivity index is 1.40. The lowest BCUT2D eigenvalue weighted by Crippen LogP contribution is -2.37. The van der Waals surface area contributed by atoms with E-state index in [9.17, 15) is 14.4 Å². The van der Waals surface area contributed by atoms with Crippen molar-refractivity contribution in [1.82, 2.24) is 0 Å². The van der Waals surface area contributed by atoms with Crippen LogP contribution in [0, 0.1) is 23.7 Å². The molecule has 2 aromatic rings. The molecule has 2 bridgehead atoms. The number of benzene rings is 2. The second-order valence-electron chi connectivity index (χ2n) is 8.25. The number of carbonyl (C=O) groups is 3. The van der Waals surface area contributed by atoms with Gasteiger partial charge in [0.25, 0.3) is 5.91 Å². The Kier molecular flexibility index (Phi) is 5.17. The second-order valence-corrected chi connectivity index (χ2v) is 10.4. The predicted octanol–water partition coefficient (Wildman–Crippen LogP) is 4.23. The zero-order valence-electron chi connectivity index (χ0n) is 16.6. The van der Waals surface area contributed by atoms with Gasteiger partial charge in [0.2, 0.25) is 11.8 Å². The van der Waals surface area contributed by atoms with Crippen molar-refractivity contribution in [2.75, 3.05) is 17.3 Å². The molecule has 3 aliphatic rings. The Morgan fingerprint density at radius 3 is 2.29 bits per heavy atom. The summed E-state index contributed by atoms with van der Waals surface area (Å²) >= 11 is 7.40. The van der Waals surface area contributed by atoms with Crippen LogP contribution in [0.1, 0.15) is 16.8 Å². The molecule has 8 heteroatoms. The summed E-state index contributed by atoms with van der Waals surface area (Å²) in [7, 11) is 1.56. The first-order valence-electron chi connectivity index (χ1n) is 10.1. The fraction of sp³-hybridized carbons (Fsp3) is 0.348. The van der Waals surface area contributed by atoms with E-state index in [0.29, 0.717) is 22.7 Å². The molecule has 160 valence electrons. The van der Waals surface area contributed by atoms with Gasteiger partial charge >= 0.3 is 0 Å². The molecular weight excluding hydrogens is 528 g/mol. The summed E-state index contributed by atoms with van der Waals surface area (Å²) in [5.41, 5.74) is 1.41. The first-order chi connectivity index (χ1) is 14.9. The largest absolute Gasteiger partial charge is 0.497 e. The van der Waals surface area contributed by atoms with Gasteiger partial charge in [0.05, 0.1) is 24.6 Å². The third-order valence-electron chi connectivity index (χ3n) is 6.68. The summed E-state index contributed by atoms with van der Waals surface area (Å²) in [5, 5.41) is 2.83. The van der Waals surface area contributed by atoms with Crippen LogP contribution in [0.15, 0.2) is 48.5 Å². The molecule has 0 unspecified atom stereocenters. The number of fused-ring (bicyclic) bond motifs is 5. The Hall–Kier alpha value is -2.19. The van der Waals surface area contributed by atoms with Crippen molar-refractivity contribution in [2.45, 2.75) is 16.1 Å². The minimum Gasteiger partial charge on any atom is -0.497 e. The SMILES string of the molecule is COc1cccc(NC(=O)c2cccc(N3C(=O)[C@@H]4[C@H]5C[C@@H]([C@H](Br)[C@H]5Br)[C@H]4C3=O)c2)c1. The van der Waals surface area contributed by atoms with Crippen LogP contribution >= 0.6 is 31.9 Å². The topological polar surface area (TPSA) is 75.7 Å². The average molecular weight is 548 g/mol. The third kappa shape index (κ3) is 3.22. The van der Waals surface area contributed by atoms with Gasteiger partial charge in [-0.3, -0.25) is 19.3 Å². The first-order valence-corrected chi connectivity index (χ1v) is 11.9. The van der Waals surface area contributed by atoms with Gasteiger partial charge in [-0.25, -0.2) is 0 Å². The van der Waals surface area contributed by atoms with E-state index in [-0.39, 0.29) is 51.0 Å². The fourth-order valence-corrected chi connectivity index (χ4v) is 7.17. The van der Waals surface area contributed by atoms with Crippen molar-refractivity contribution in [2.24, 2.45) is 23.7 Å². The molecule has 1 heterocycles. The number of imide groups is 1. The maximum atomic E-state index is 13.2. The number of halogens is 2. The van der Waals surface area contributed by atoms with Gasteiger partial charge in [-0.2, -0.15) is 0 Å². The summed E-state index contributed by atoms with van der Waals surface area (Å²) in [4.78, 5) is 40.9. The van der Waals surface area contributed by atoms with Crippen LogP contribution in [0.2, 0.25) is 0 Å². The molecule has 0 radical (unpaired) electrons. The van der Waals surface area contributed by atoms with E-state index in [0.717, 1.165) is 6.42 Å². The zero-order chi connectivity index (χ0) is 21.9. The summed E-state index contributed by atoms with van der Waals surface area (Å²) in [5.74, 6) is -0.268. The second kappa shape index (κ2) is 7.74. The van der Waals surface area contributed by atoms with E-state index >= 15 is 0 Å². The van der Waals surface area contributed by atoms with Crippen molar-refractivity contribution in [3.8, 4) is 5.75 Å². The molecule has 3 amide bonds. The quantitative estimate of drug-likeness (QED) is 0.459. The highest BCUT2D eigenvalue weighted by Crippen LogP contribution is 2.60. The van der Waals surface area contributed by atoms with Crippen molar-refractivity contribution < 1.29 is 19.1 Å². The van der Waals surface area contributed by atoms with Crippen LogP contribution in [-0.4, -0.2) is 34.5 Å². The standard InChI is InChI=1S/C23H20Br2N2O4/c1-31-14-7-3-5-12(9-14)26-21(28)11-4-2-6-13(8-11)27-22(29)17-15-10-16(18(17)23(27)30)20(25)19(15)24/h2-9,15-20H,10H2,1H3,(H,26,28)/t15-,16-,17-,18-,19+,20+/m1/s1. The molecule has 6 nitrogen and oxygen atoms in total. The number of nitrogens with one attached hydrogen (secondary N) is 1. The number of methoxy groups -OCH3 is 1. The Morgan fingerprint density at radius 2 is 1.65 bits per heavy atom. The predicted molar refractivity (Wildman–Crippen MR) is 124 cm³/mol. The number of anilines is 2. The van der Waals surface area contributed by atoms with Crippen molar-refractivity contribution >= 4 is 61.0 Å². The molecule has 1 aliphatic heterocycles. The van der Waals surface area contributed by atoms with E-state index in [1.165, 1.54) is 4.90 Å². The van der Waals surface area contributed by atoms with Gasteiger partial charge in [-0.05, 0) is 48.6 Å². The number of hydrogen-bond donors (Lipinski definition) is 1. The van der Waals surface area contributed by atoms with E-state index in [1.54, 1.807) is 55.6 Å². The lowest BCUT2D eigenvalue weighted by molar-refractivity contribution is -0.123. The molecule has 3 fully saturated rings. The molecule has 6 atom stereocenters. The van der Waals surface area contributed by atoms with Crippen molar-refractivity contribution in [1.29, 1.82) is 0 Å². The van der Waals surface area contributed by atoms with E-state index in [2.05, 4.69) is 37.2 Å². The Morgan fingerprint density at radius 1 is 1.00 bits per heavy atom. The van der Waals surface area contributed by atoms with Crippen LogP contribution in [-0.2, 0) is 9.59 Å². The number of hydrogen-bond acceptors (Lipinski definition) is 4. The Bertz CT molecular complexity index is 1060. The average Bonchev–Trinajstić information content (AvgIpc) is 3.38. The van der Waals surface area contributed by atoms with Crippen LogP contribution in [0.3, 0.4) is 0 Å². The first kappa shape index (κ1) is 20.7. The maximum Gasteiger partial charge on any atom is 0.255 e. The maximum absolute atomic E-state index is 13.2. The molecule has 5 rings (SSSR count). The van der Waals surface area contributed by atoms with Crippen LogP contribution in [0.25, 0.3) is 0 Å². The van der Waals surface area contributed by atoms with Crippen LogP contribution in [0.5, 0.6) is 5.75 Å². The summed E-state index contributed by atoms with van der Waals surface area (Å²) in [6.07, 6.45) is 0.884. The van der Waals surface area contributed by atoms with Gasteiger partial charge < -0.3 is 10.1 Å². The molecule has 0 spiro atoms. The number of amides is 3. The number of alkyl halides is 2. The van der Waals surface area contributed by atoms with Crippen molar-refractivity contribution in [3.63, 3.8) is 0 Å². The third-order valence-corrected chi connectivity index (χ3v) is 9.89. The van der Waals surface area contributed by atoms with Gasteiger partial charge in [0.15, 0.2) is 0 Å². The number of ether oxygens (including phenoxy) is 1. The smallest absolute Gasteiger partial charge is 0.255 e. The molecule has 2 aliphatic carbocycles. The highest BCUT2D eigenvalue weighted by Gasteiger charge is 2.66. The summed E-state index contributed by atoms with van der Waals surface area (Å²) < 4.78 is 5.19. The van der Waals surface area contributed by atoms with E-state index in [4.69, 9.17) is 4.74 Å². The monoisotopic (exact) mass is 546 g/mol. The minimum atomic E-state index is -0.324. The fourth-order valence-electron chi connectivity index (χ4n) is 5.29. The highest BCUT2D eigenvalue weighted by atomic mass is 79.9. The highest BCUT2D eigenvalue weighted by molar-refractivity contribution is 9.12. The number of rotatable bonds is 4. The molecular formula is C23H20Br2N2O4. The minimum absolute atomic E-state index is 0.153. The van der Waals surface area contributed by atoms with Gasteiger partial charge in [-0.1, -0.05) is 44.0 Å². The van der Waals surface area contributed by atoms with Gasteiger partial charge in [0.1, 0.15) is 5.75 Å². The normalized spacial score (nSPS) is 31.1. The van der Waals surface area contributed by atoms with Crippen molar-refractivity contribution in [3.05, 3.63) is 54.1 Å². The molecule has 31 heavy (non-hydrogen) atoms. The molecule has 0 aromatic heterocycles. The molecule has 2 saturated carbocycles. The van der Waals surface area contributed by atoms with E-state index < -0.39 is 0 Å².